The highest BCUT2D eigenvalue weighted by atomic mass is 35.5. The van der Waals surface area contributed by atoms with E-state index in [-0.39, 0.29) is 5.91 Å². The molecule has 2 aromatic rings. The van der Waals surface area contributed by atoms with Gasteiger partial charge in [-0.25, -0.2) is 0 Å². The molecule has 25 heavy (non-hydrogen) atoms. The Kier molecular flexibility index (Phi) is 6.76. The molecule has 2 heterocycles. The van der Waals surface area contributed by atoms with Crippen molar-refractivity contribution < 1.29 is 4.79 Å². The van der Waals surface area contributed by atoms with Gasteiger partial charge in [0.05, 0.1) is 0 Å². The summed E-state index contributed by atoms with van der Waals surface area (Å²) in [6.07, 6.45) is 5.90. The molecule has 3 rings (SSSR count). The van der Waals surface area contributed by atoms with Crippen molar-refractivity contribution in [2.45, 2.75) is 50.0 Å². The van der Waals surface area contributed by atoms with Crippen molar-refractivity contribution in [1.82, 2.24) is 20.1 Å². The second kappa shape index (κ2) is 9.25. The minimum absolute atomic E-state index is 0.0806. The van der Waals surface area contributed by atoms with E-state index >= 15 is 0 Å². The van der Waals surface area contributed by atoms with Crippen LogP contribution in [-0.2, 0) is 24.2 Å². The summed E-state index contributed by atoms with van der Waals surface area (Å²) in [5, 5.41) is 12.3. The number of carbonyl (C=O) groups is 1. The molecule has 7 heteroatoms. The number of nitrogens with one attached hydrogen (secondary N) is 1. The van der Waals surface area contributed by atoms with E-state index in [0.29, 0.717) is 13.0 Å². The van der Waals surface area contributed by atoms with Gasteiger partial charge in [0.15, 0.2) is 0 Å². The van der Waals surface area contributed by atoms with E-state index in [1.165, 1.54) is 19.3 Å². The molecule has 0 spiro atoms. The van der Waals surface area contributed by atoms with Crippen molar-refractivity contribution >= 4 is 29.3 Å². The van der Waals surface area contributed by atoms with Gasteiger partial charge in [-0.3, -0.25) is 4.79 Å². The fraction of sp³-hybridized carbons (Fsp3) is 0.500. The largest absolute Gasteiger partial charge is 0.356 e. The highest BCUT2D eigenvalue weighted by Gasteiger charge is 2.14. The zero-order chi connectivity index (χ0) is 17.5. The second-order valence-corrected chi connectivity index (χ2v) is 7.75. The summed E-state index contributed by atoms with van der Waals surface area (Å²) >= 11 is 7.53. The van der Waals surface area contributed by atoms with Gasteiger partial charge in [0.1, 0.15) is 11.6 Å². The Balaban J connectivity index is 1.37. The summed E-state index contributed by atoms with van der Waals surface area (Å²) in [7, 11) is 0. The van der Waals surface area contributed by atoms with Gasteiger partial charge in [-0.2, -0.15) is 0 Å². The number of rotatable bonds is 7. The van der Waals surface area contributed by atoms with E-state index in [9.17, 15) is 4.79 Å². The fourth-order valence-corrected chi connectivity index (χ4v) is 3.90. The first-order valence-electron chi connectivity index (χ1n) is 8.78. The molecular formula is C18H23ClN4OS. The SMILES string of the molecule is O=C(CCSc1ccc(Cl)cc1)NCCc1nnc2n1CCCCC2. The summed E-state index contributed by atoms with van der Waals surface area (Å²) in [5.41, 5.74) is 0. The average molecular weight is 379 g/mol. The number of aryl methyl sites for hydroxylation is 1. The van der Waals surface area contributed by atoms with Gasteiger partial charge in [0.2, 0.25) is 5.91 Å². The molecule has 0 bridgehead atoms. The third-order valence-corrected chi connectivity index (χ3v) is 5.53. The second-order valence-electron chi connectivity index (χ2n) is 6.15. The van der Waals surface area contributed by atoms with E-state index in [2.05, 4.69) is 20.1 Å². The summed E-state index contributed by atoms with van der Waals surface area (Å²) in [4.78, 5) is 13.1. The lowest BCUT2D eigenvalue weighted by Crippen LogP contribution is -2.26. The van der Waals surface area contributed by atoms with E-state index in [1.807, 2.05) is 24.3 Å². The topological polar surface area (TPSA) is 59.8 Å². The Morgan fingerprint density at radius 2 is 2.04 bits per heavy atom. The Morgan fingerprint density at radius 1 is 1.20 bits per heavy atom. The molecule has 0 fully saturated rings. The van der Waals surface area contributed by atoms with Crippen LogP contribution in [0.3, 0.4) is 0 Å². The predicted molar refractivity (Wildman–Crippen MR) is 101 cm³/mol. The van der Waals surface area contributed by atoms with Crippen LogP contribution in [0.2, 0.25) is 5.02 Å². The summed E-state index contributed by atoms with van der Waals surface area (Å²) in [6, 6.07) is 7.68. The van der Waals surface area contributed by atoms with Crippen molar-refractivity contribution in [2.24, 2.45) is 0 Å². The average Bonchev–Trinajstić information content (AvgIpc) is 2.84. The van der Waals surface area contributed by atoms with Gasteiger partial charge in [0.25, 0.3) is 0 Å². The van der Waals surface area contributed by atoms with Crippen LogP contribution in [-0.4, -0.2) is 33.0 Å². The zero-order valence-corrected chi connectivity index (χ0v) is 15.8. The number of carbonyl (C=O) groups excluding carboxylic acids is 1. The maximum Gasteiger partial charge on any atom is 0.220 e. The van der Waals surface area contributed by atoms with Crippen LogP contribution in [0.15, 0.2) is 29.2 Å². The van der Waals surface area contributed by atoms with Crippen molar-refractivity contribution in [3.05, 3.63) is 40.9 Å². The third-order valence-electron chi connectivity index (χ3n) is 4.27. The molecule has 1 aliphatic heterocycles. The monoisotopic (exact) mass is 378 g/mol. The molecule has 1 aromatic heterocycles. The van der Waals surface area contributed by atoms with Gasteiger partial charge in [-0.15, -0.1) is 22.0 Å². The number of amides is 1. The Morgan fingerprint density at radius 3 is 2.88 bits per heavy atom. The first-order valence-corrected chi connectivity index (χ1v) is 10.1. The number of aromatic nitrogens is 3. The van der Waals surface area contributed by atoms with E-state index in [0.717, 1.165) is 46.7 Å². The smallest absolute Gasteiger partial charge is 0.220 e. The number of hydrogen-bond donors (Lipinski definition) is 1. The first-order chi connectivity index (χ1) is 12.2. The Bertz CT molecular complexity index is 702. The molecule has 1 N–H and O–H groups in total. The van der Waals surface area contributed by atoms with Crippen molar-refractivity contribution in [2.75, 3.05) is 12.3 Å². The number of fused-ring (bicyclic) bond motifs is 1. The number of benzene rings is 1. The van der Waals surface area contributed by atoms with Crippen molar-refractivity contribution in [1.29, 1.82) is 0 Å². The minimum Gasteiger partial charge on any atom is -0.356 e. The lowest BCUT2D eigenvalue weighted by Gasteiger charge is -2.08. The first kappa shape index (κ1) is 18.3. The minimum atomic E-state index is 0.0806. The number of halogens is 1. The molecule has 0 atom stereocenters. The highest BCUT2D eigenvalue weighted by molar-refractivity contribution is 7.99. The molecule has 134 valence electrons. The predicted octanol–water partition coefficient (Wildman–Crippen LogP) is 3.50. The van der Waals surface area contributed by atoms with Crippen LogP contribution in [0.5, 0.6) is 0 Å². The van der Waals surface area contributed by atoms with E-state index in [1.54, 1.807) is 11.8 Å². The molecule has 1 amide bonds. The van der Waals surface area contributed by atoms with Crippen LogP contribution in [0, 0.1) is 0 Å². The quantitative estimate of drug-likeness (QED) is 0.749. The van der Waals surface area contributed by atoms with Crippen LogP contribution >= 0.6 is 23.4 Å². The number of hydrogen-bond acceptors (Lipinski definition) is 4. The Labute approximate surface area is 157 Å². The maximum atomic E-state index is 12.0. The van der Waals surface area contributed by atoms with Gasteiger partial charge >= 0.3 is 0 Å². The van der Waals surface area contributed by atoms with Crippen molar-refractivity contribution in [3.8, 4) is 0 Å². The molecule has 0 saturated carbocycles. The van der Waals surface area contributed by atoms with Crippen LogP contribution < -0.4 is 5.32 Å². The molecule has 0 unspecified atom stereocenters. The van der Waals surface area contributed by atoms with Gasteiger partial charge in [-0.05, 0) is 37.1 Å². The summed E-state index contributed by atoms with van der Waals surface area (Å²) in [5.74, 6) is 2.93. The molecule has 0 radical (unpaired) electrons. The van der Waals surface area contributed by atoms with E-state index < -0.39 is 0 Å². The Hall–Kier alpha value is -1.53. The maximum absolute atomic E-state index is 12.0. The molecule has 0 saturated heterocycles. The fourth-order valence-electron chi connectivity index (χ4n) is 2.92. The lowest BCUT2D eigenvalue weighted by molar-refractivity contribution is -0.120. The normalized spacial score (nSPS) is 14.0. The molecule has 1 aromatic carbocycles. The third kappa shape index (κ3) is 5.47. The number of thioether (sulfide) groups is 1. The standard InChI is InChI=1S/C18H23ClN4OS/c19-14-5-7-15(8-6-14)25-13-10-18(24)20-11-9-17-22-21-16-4-2-1-3-12-23(16)17/h5-8H,1-4,9-13H2,(H,20,24). The van der Waals surface area contributed by atoms with E-state index in [4.69, 9.17) is 11.6 Å². The lowest BCUT2D eigenvalue weighted by atomic mass is 10.2. The molecular weight excluding hydrogens is 356 g/mol. The van der Waals surface area contributed by atoms with Crippen molar-refractivity contribution in [3.63, 3.8) is 0 Å². The molecule has 0 aliphatic carbocycles. The van der Waals surface area contributed by atoms with Crippen LogP contribution in [0.25, 0.3) is 0 Å². The molecule has 1 aliphatic rings. The summed E-state index contributed by atoms with van der Waals surface area (Å²) < 4.78 is 2.23. The van der Waals surface area contributed by atoms with Crippen LogP contribution in [0.1, 0.15) is 37.3 Å². The highest BCUT2D eigenvalue weighted by Crippen LogP contribution is 2.20. The zero-order valence-electron chi connectivity index (χ0n) is 14.2. The van der Waals surface area contributed by atoms with Gasteiger partial charge < -0.3 is 9.88 Å². The van der Waals surface area contributed by atoms with Crippen LogP contribution in [0.4, 0.5) is 0 Å². The molecule has 5 nitrogen and oxygen atoms in total. The van der Waals surface area contributed by atoms with Gasteiger partial charge in [0, 0.05) is 48.0 Å². The van der Waals surface area contributed by atoms with Gasteiger partial charge in [-0.1, -0.05) is 18.0 Å². The number of nitrogens with zero attached hydrogens (tertiary/aromatic N) is 3. The summed E-state index contributed by atoms with van der Waals surface area (Å²) in [6.45, 7) is 1.62.